The molecule has 1 aromatic carbocycles. The van der Waals surface area contributed by atoms with Gasteiger partial charge in [0, 0.05) is 0 Å². The highest BCUT2D eigenvalue weighted by Gasteiger charge is 2.05. The highest BCUT2D eigenvalue weighted by atomic mass is 32.1. The average Bonchev–Trinajstić information content (AvgIpc) is 2.63. The van der Waals surface area contributed by atoms with Crippen LogP contribution in [0.4, 0.5) is 0 Å². The molecule has 0 aliphatic rings. The van der Waals surface area contributed by atoms with Gasteiger partial charge in [-0.25, -0.2) is 4.98 Å². The zero-order valence-electron chi connectivity index (χ0n) is 6.77. The Morgan fingerprint density at radius 1 is 1.54 bits per heavy atom. The predicted octanol–water partition coefficient (Wildman–Crippen LogP) is 1.82. The Morgan fingerprint density at radius 3 is 3.15 bits per heavy atom. The molecule has 0 radical (unpaired) electrons. The van der Waals surface area contributed by atoms with Crippen molar-refractivity contribution in [3.63, 3.8) is 0 Å². The smallest absolute Gasteiger partial charge is 0.118 e. The number of nitrogens with two attached hydrogens (primary N) is 1. The average molecular weight is 189 g/mol. The maximum absolute atomic E-state index is 8.62. The molecule has 3 nitrogen and oxygen atoms in total. The molecule has 2 rings (SSSR count). The lowest BCUT2D eigenvalue weighted by Gasteiger charge is -2.01. The lowest BCUT2D eigenvalue weighted by Crippen LogP contribution is -2.06. The van der Waals surface area contributed by atoms with Crippen LogP contribution in [0.2, 0.25) is 0 Å². The molecule has 2 N–H and O–H groups in total. The lowest BCUT2D eigenvalue weighted by molar-refractivity contribution is 0.928. The zero-order valence-corrected chi connectivity index (χ0v) is 7.58. The molecule has 64 valence electrons. The van der Waals surface area contributed by atoms with Gasteiger partial charge in [0.2, 0.25) is 0 Å². The molecular formula is C9H7N3S. The molecule has 0 aliphatic carbocycles. The summed E-state index contributed by atoms with van der Waals surface area (Å²) in [5, 5.41) is 8.62. The normalized spacial score (nSPS) is 12.6. The molecule has 0 spiro atoms. The first-order chi connectivity index (χ1) is 6.31. The van der Waals surface area contributed by atoms with Crippen molar-refractivity contribution in [2.24, 2.45) is 5.73 Å². The van der Waals surface area contributed by atoms with Crippen LogP contribution in [0.3, 0.4) is 0 Å². The molecule has 0 saturated carbocycles. The van der Waals surface area contributed by atoms with E-state index in [-0.39, 0.29) is 0 Å². The van der Waals surface area contributed by atoms with Gasteiger partial charge in [0.05, 0.1) is 21.8 Å². The third-order valence-corrected chi connectivity index (χ3v) is 2.66. The molecule has 0 aliphatic heterocycles. The number of benzene rings is 1. The van der Waals surface area contributed by atoms with Gasteiger partial charge in [-0.1, -0.05) is 6.07 Å². The zero-order chi connectivity index (χ0) is 9.26. The van der Waals surface area contributed by atoms with Gasteiger partial charge < -0.3 is 5.73 Å². The SMILES string of the molecule is N#CC(N)c1ccc2scnc2c1. The first-order valence-corrected chi connectivity index (χ1v) is 4.67. The van der Waals surface area contributed by atoms with Crippen LogP contribution in [-0.4, -0.2) is 4.98 Å². The van der Waals surface area contributed by atoms with Crippen LogP contribution in [0.25, 0.3) is 10.2 Å². The summed E-state index contributed by atoms with van der Waals surface area (Å²) in [5.74, 6) is 0. The Bertz CT molecular complexity index is 469. The molecule has 0 fully saturated rings. The van der Waals surface area contributed by atoms with Crippen LogP contribution in [0.5, 0.6) is 0 Å². The second kappa shape index (κ2) is 3.13. The number of hydrogen-bond donors (Lipinski definition) is 1. The Labute approximate surface area is 79.4 Å². The monoisotopic (exact) mass is 189 g/mol. The molecular weight excluding hydrogens is 182 g/mol. The minimum Gasteiger partial charge on any atom is -0.312 e. The van der Waals surface area contributed by atoms with Crippen LogP contribution in [0.15, 0.2) is 23.7 Å². The molecule has 1 unspecified atom stereocenters. The highest BCUT2D eigenvalue weighted by Crippen LogP contribution is 2.21. The van der Waals surface area contributed by atoms with E-state index in [1.54, 1.807) is 16.8 Å². The molecule has 2 aromatic rings. The van der Waals surface area contributed by atoms with Crippen molar-refractivity contribution < 1.29 is 0 Å². The number of aromatic nitrogens is 1. The number of hydrogen-bond acceptors (Lipinski definition) is 4. The molecule has 13 heavy (non-hydrogen) atoms. The molecule has 1 aromatic heterocycles. The van der Waals surface area contributed by atoms with Gasteiger partial charge >= 0.3 is 0 Å². The van der Waals surface area contributed by atoms with Crippen molar-refractivity contribution in [2.75, 3.05) is 0 Å². The van der Waals surface area contributed by atoms with Crippen LogP contribution in [0.1, 0.15) is 11.6 Å². The van der Waals surface area contributed by atoms with Gasteiger partial charge in [0.15, 0.2) is 0 Å². The standard InChI is InChI=1S/C9H7N3S/c10-4-7(11)6-1-2-9-8(3-6)12-5-13-9/h1-3,5,7H,11H2. The summed E-state index contributed by atoms with van der Waals surface area (Å²) in [6.07, 6.45) is 0. The summed E-state index contributed by atoms with van der Waals surface area (Å²) < 4.78 is 1.12. The summed E-state index contributed by atoms with van der Waals surface area (Å²) in [7, 11) is 0. The van der Waals surface area contributed by atoms with Gasteiger partial charge in [0.25, 0.3) is 0 Å². The van der Waals surface area contributed by atoms with E-state index in [4.69, 9.17) is 11.0 Å². The third-order valence-electron chi connectivity index (χ3n) is 1.85. The molecule has 0 saturated heterocycles. The maximum Gasteiger partial charge on any atom is 0.118 e. The van der Waals surface area contributed by atoms with Gasteiger partial charge in [-0.3, -0.25) is 0 Å². The first-order valence-electron chi connectivity index (χ1n) is 3.79. The maximum atomic E-state index is 8.62. The fourth-order valence-electron chi connectivity index (χ4n) is 1.14. The Balaban J connectivity index is 2.55. The first kappa shape index (κ1) is 8.17. The second-order valence-corrected chi connectivity index (χ2v) is 3.57. The molecule has 4 heteroatoms. The van der Waals surface area contributed by atoms with Crippen molar-refractivity contribution in [1.82, 2.24) is 4.98 Å². The van der Waals surface area contributed by atoms with E-state index in [1.165, 1.54) is 0 Å². The summed E-state index contributed by atoms with van der Waals surface area (Å²) in [6, 6.07) is 7.12. The number of fused-ring (bicyclic) bond motifs is 1. The van der Waals surface area contributed by atoms with Crippen molar-refractivity contribution in [3.05, 3.63) is 29.3 Å². The molecule has 1 heterocycles. The molecule has 1 atom stereocenters. The quantitative estimate of drug-likeness (QED) is 0.744. The summed E-state index contributed by atoms with van der Waals surface area (Å²) in [5.41, 5.74) is 9.08. The number of nitriles is 1. The van der Waals surface area contributed by atoms with E-state index in [0.29, 0.717) is 0 Å². The van der Waals surface area contributed by atoms with E-state index in [0.717, 1.165) is 15.8 Å². The van der Waals surface area contributed by atoms with Crippen molar-refractivity contribution >= 4 is 21.6 Å². The van der Waals surface area contributed by atoms with E-state index in [1.807, 2.05) is 24.3 Å². The summed E-state index contributed by atoms with van der Waals surface area (Å²) in [6.45, 7) is 0. The van der Waals surface area contributed by atoms with Gasteiger partial charge in [-0.15, -0.1) is 11.3 Å². The van der Waals surface area contributed by atoms with Crippen LogP contribution in [0, 0.1) is 11.3 Å². The van der Waals surface area contributed by atoms with Crippen LogP contribution in [-0.2, 0) is 0 Å². The van der Waals surface area contributed by atoms with Gasteiger partial charge in [-0.2, -0.15) is 5.26 Å². The Kier molecular flexibility index (Phi) is 1.97. The number of nitrogens with zero attached hydrogens (tertiary/aromatic N) is 2. The fourth-order valence-corrected chi connectivity index (χ4v) is 1.80. The minimum atomic E-state index is -0.550. The fraction of sp³-hybridized carbons (Fsp3) is 0.111. The van der Waals surface area contributed by atoms with E-state index >= 15 is 0 Å². The third kappa shape index (κ3) is 1.39. The van der Waals surface area contributed by atoms with Crippen molar-refractivity contribution in [1.29, 1.82) is 5.26 Å². The number of rotatable bonds is 1. The summed E-state index contributed by atoms with van der Waals surface area (Å²) >= 11 is 1.58. The molecule has 0 amide bonds. The summed E-state index contributed by atoms with van der Waals surface area (Å²) in [4.78, 5) is 4.15. The van der Waals surface area contributed by atoms with E-state index < -0.39 is 6.04 Å². The predicted molar refractivity (Wildman–Crippen MR) is 52.2 cm³/mol. The van der Waals surface area contributed by atoms with E-state index in [9.17, 15) is 0 Å². The Hall–Kier alpha value is -1.44. The van der Waals surface area contributed by atoms with Crippen molar-refractivity contribution in [2.45, 2.75) is 6.04 Å². The highest BCUT2D eigenvalue weighted by molar-refractivity contribution is 7.16. The lowest BCUT2D eigenvalue weighted by atomic mass is 10.1. The van der Waals surface area contributed by atoms with Gasteiger partial charge in [0.1, 0.15) is 6.04 Å². The Morgan fingerprint density at radius 2 is 2.38 bits per heavy atom. The van der Waals surface area contributed by atoms with Crippen LogP contribution < -0.4 is 5.73 Å². The molecule has 0 bridgehead atoms. The van der Waals surface area contributed by atoms with Crippen LogP contribution >= 0.6 is 11.3 Å². The van der Waals surface area contributed by atoms with Gasteiger partial charge in [-0.05, 0) is 17.7 Å². The minimum absolute atomic E-state index is 0.550. The van der Waals surface area contributed by atoms with E-state index in [2.05, 4.69) is 4.98 Å². The topological polar surface area (TPSA) is 62.7 Å². The number of thiazole rings is 1. The second-order valence-electron chi connectivity index (χ2n) is 2.69. The van der Waals surface area contributed by atoms with Crippen molar-refractivity contribution in [3.8, 4) is 6.07 Å². The largest absolute Gasteiger partial charge is 0.312 e.